The van der Waals surface area contributed by atoms with Crippen molar-refractivity contribution in [2.75, 3.05) is 20.3 Å². The Bertz CT molecular complexity index is 1090. The van der Waals surface area contributed by atoms with Crippen LogP contribution >= 0.6 is 11.6 Å². The SMILES string of the molecule is CCCCOc1ccc(/C=N\NC(=O)[C@H]2CCCN2S(=O)(=O)c2ccc(Cl)cc2)cc1OC. The van der Waals surface area contributed by atoms with E-state index in [1.54, 1.807) is 25.3 Å². The Labute approximate surface area is 199 Å². The van der Waals surface area contributed by atoms with Crippen LogP contribution in [0.3, 0.4) is 0 Å². The Hall–Kier alpha value is -2.62. The molecule has 0 unspecified atom stereocenters. The third-order valence-electron chi connectivity index (χ3n) is 5.26. The first kappa shape index (κ1) is 25.0. The number of benzene rings is 2. The van der Waals surface area contributed by atoms with Crippen LogP contribution < -0.4 is 14.9 Å². The molecule has 0 radical (unpaired) electrons. The standard InChI is InChI=1S/C23H28ClN3O5S/c1-3-4-14-32-21-12-7-17(15-22(21)31-2)16-25-26-23(28)20-6-5-13-27(20)33(29,30)19-10-8-18(24)9-11-19/h7-12,15-16,20H,3-6,13-14H2,1-2H3,(H,26,28)/b25-16-/t20-/m1/s1. The second kappa shape index (κ2) is 11.5. The number of unbranched alkanes of at least 4 members (excludes halogenated alkanes) is 1. The van der Waals surface area contributed by atoms with Crippen LogP contribution in [0.1, 0.15) is 38.2 Å². The maximum absolute atomic E-state index is 13.0. The van der Waals surface area contributed by atoms with Gasteiger partial charge in [-0.2, -0.15) is 9.41 Å². The van der Waals surface area contributed by atoms with Crippen LogP contribution in [-0.2, 0) is 14.8 Å². The van der Waals surface area contributed by atoms with E-state index in [2.05, 4.69) is 17.5 Å². The van der Waals surface area contributed by atoms with Gasteiger partial charge in [0.05, 0.1) is 24.8 Å². The largest absolute Gasteiger partial charge is 0.493 e. The molecule has 0 spiro atoms. The van der Waals surface area contributed by atoms with Gasteiger partial charge in [-0.1, -0.05) is 24.9 Å². The molecule has 8 nitrogen and oxygen atoms in total. The third kappa shape index (κ3) is 6.25. The van der Waals surface area contributed by atoms with E-state index in [-0.39, 0.29) is 11.4 Å². The topological polar surface area (TPSA) is 97.3 Å². The Morgan fingerprint density at radius 1 is 1.24 bits per heavy atom. The van der Waals surface area contributed by atoms with Crippen LogP contribution in [0.2, 0.25) is 5.02 Å². The van der Waals surface area contributed by atoms with E-state index in [0.29, 0.717) is 41.5 Å². The molecule has 3 rings (SSSR count). The van der Waals surface area contributed by atoms with Gasteiger partial charge in [0, 0.05) is 11.6 Å². The van der Waals surface area contributed by atoms with E-state index in [1.807, 2.05) is 0 Å². The number of sulfonamides is 1. The van der Waals surface area contributed by atoms with Gasteiger partial charge >= 0.3 is 0 Å². The highest BCUT2D eigenvalue weighted by Crippen LogP contribution is 2.28. The number of hydrogen-bond acceptors (Lipinski definition) is 6. The van der Waals surface area contributed by atoms with E-state index in [1.165, 1.54) is 34.8 Å². The molecule has 1 atom stereocenters. The van der Waals surface area contributed by atoms with Gasteiger partial charge in [-0.3, -0.25) is 4.79 Å². The minimum atomic E-state index is -3.82. The highest BCUT2D eigenvalue weighted by atomic mass is 35.5. The van der Waals surface area contributed by atoms with Crippen LogP contribution in [0.4, 0.5) is 0 Å². The maximum atomic E-state index is 13.0. The molecule has 2 aromatic rings. The van der Waals surface area contributed by atoms with Crippen LogP contribution in [0.5, 0.6) is 11.5 Å². The lowest BCUT2D eigenvalue weighted by molar-refractivity contribution is -0.124. The van der Waals surface area contributed by atoms with Crippen molar-refractivity contribution in [1.82, 2.24) is 9.73 Å². The summed E-state index contributed by atoms with van der Waals surface area (Å²) in [5.74, 6) is 0.728. The van der Waals surface area contributed by atoms with Gasteiger partial charge in [-0.25, -0.2) is 13.8 Å². The highest BCUT2D eigenvalue weighted by molar-refractivity contribution is 7.89. The van der Waals surface area contributed by atoms with Gasteiger partial charge in [0.25, 0.3) is 5.91 Å². The van der Waals surface area contributed by atoms with E-state index < -0.39 is 22.0 Å². The summed E-state index contributed by atoms with van der Waals surface area (Å²) in [6, 6.07) is 10.4. The van der Waals surface area contributed by atoms with Crippen molar-refractivity contribution in [3.8, 4) is 11.5 Å². The average Bonchev–Trinajstić information content (AvgIpc) is 3.31. The number of hydrogen-bond donors (Lipinski definition) is 1. The molecule has 1 amide bonds. The Morgan fingerprint density at radius 2 is 2.00 bits per heavy atom. The molecule has 33 heavy (non-hydrogen) atoms. The fourth-order valence-electron chi connectivity index (χ4n) is 3.49. The van der Waals surface area contributed by atoms with Gasteiger partial charge in [-0.15, -0.1) is 0 Å². The summed E-state index contributed by atoms with van der Waals surface area (Å²) in [7, 11) is -2.26. The molecule has 1 aliphatic heterocycles. The molecule has 178 valence electrons. The molecule has 0 bridgehead atoms. The minimum Gasteiger partial charge on any atom is -0.493 e. The number of nitrogens with zero attached hydrogens (tertiary/aromatic N) is 2. The van der Waals surface area contributed by atoms with Crippen molar-refractivity contribution in [3.63, 3.8) is 0 Å². The van der Waals surface area contributed by atoms with E-state index >= 15 is 0 Å². The van der Waals surface area contributed by atoms with E-state index in [9.17, 15) is 13.2 Å². The monoisotopic (exact) mass is 493 g/mol. The molecular formula is C23H28ClN3O5S. The molecule has 1 aliphatic rings. The number of carbonyl (C=O) groups excluding carboxylic acids is 1. The van der Waals surface area contributed by atoms with Crippen molar-refractivity contribution < 1.29 is 22.7 Å². The summed E-state index contributed by atoms with van der Waals surface area (Å²) >= 11 is 5.86. The van der Waals surface area contributed by atoms with Crippen molar-refractivity contribution in [1.29, 1.82) is 0 Å². The van der Waals surface area contributed by atoms with Gasteiger partial charge in [0.2, 0.25) is 10.0 Å². The molecule has 1 saturated heterocycles. The number of amides is 1. The number of halogens is 1. The lowest BCUT2D eigenvalue weighted by atomic mass is 10.2. The highest BCUT2D eigenvalue weighted by Gasteiger charge is 2.39. The number of ether oxygens (including phenoxy) is 2. The smallest absolute Gasteiger partial charge is 0.258 e. The van der Waals surface area contributed by atoms with E-state index in [4.69, 9.17) is 21.1 Å². The molecule has 1 N–H and O–H groups in total. The number of nitrogens with one attached hydrogen (secondary N) is 1. The minimum absolute atomic E-state index is 0.100. The molecule has 0 aromatic heterocycles. The number of rotatable bonds is 10. The Balaban J connectivity index is 1.65. The van der Waals surface area contributed by atoms with Gasteiger partial charge in [0.1, 0.15) is 6.04 Å². The average molecular weight is 494 g/mol. The van der Waals surface area contributed by atoms with Crippen molar-refractivity contribution in [2.45, 2.75) is 43.5 Å². The van der Waals surface area contributed by atoms with Crippen molar-refractivity contribution in [3.05, 3.63) is 53.1 Å². The van der Waals surface area contributed by atoms with Gasteiger partial charge in [0.15, 0.2) is 11.5 Å². The quantitative estimate of drug-likeness (QED) is 0.308. The molecule has 0 aliphatic carbocycles. The fourth-order valence-corrected chi connectivity index (χ4v) is 5.27. The second-order valence-corrected chi connectivity index (χ2v) is 9.90. The first-order valence-electron chi connectivity index (χ1n) is 10.8. The van der Waals surface area contributed by atoms with Gasteiger partial charge < -0.3 is 9.47 Å². The van der Waals surface area contributed by atoms with Crippen LogP contribution in [-0.4, -0.2) is 51.1 Å². The molecule has 0 saturated carbocycles. The first-order valence-corrected chi connectivity index (χ1v) is 12.6. The summed E-state index contributed by atoms with van der Waals surface area (Å²) in [6.45, 7) is 2.96. The summed E-state index contributed by atoms with van der Waals surface area (Å²) < 4.78 is 38.3. The summed E-state index contributed by atoms with van der Waals surface area (Å²) in [5, 5.41) is 4.45. The zero-order valence-corrected chi connectivity index (χ0v) is 20.2. The maximum Gasteiger partial charge on any atom is 0.258 e. The molecular weight excluding hydrogens is 466 g/mol. The number of methoxy groups -OCH3 is 1. The van der Waals surface area contributed by atoms with Crippen LogP contribution in [0.15, 0.2) is 52.5 Å². The predicted molar refractivity (Wildman–Crippen MR) is 127 cm³/mol. The summed E-state index contributed by atoms with van der Waals surface area (Å²) in [6.07, 6.45) is 4.47. The zero-order chi connectivity index (χ0) is 23.8. The predicted octanol–water partition coefficient (Wildman–Crippen LogP) is 3.83. The molecule has 1 fully saturated rings. The van der Waals surface area contributed by atoms with Crippen LogP contribution in [0, 0.1) is 0 Å². The lowest BCUT2D eigenvalue weighted by Crippen LogP contribution is -2.44. The Kier molecular flexibility index (Phi) is 8.71. The van der Waals surface area contributed by atoms with Crippen molar-refractivity contribution >= 4 is 33.7 Å². The molecule has 2 aromatic carbocycles. The molecule has 10 heteroatoms. The summed E-state index contributed by atoms with van der Waals surface area (Å²) in [4.78, 5) is 12.8. The summed E-state index contributed by atoms with van der Waals surface area (Å²) in [5.41, 5.74) is 3.16. The van der Waals surface area contributed by atoms with Crippen LogP contribution in [0.25, 0.3) is 0 Å². The lowest BCUT2D eigenvalue weighted by Gasteiger charge is -2.22. The fraction of sp³-hybridized carbons (Fsp3) is 0.391. The number of hydrazone groups is 1. The van der Waals surface area contributed by atoms with E-state index in [0.717, 1.165) is 12.8 Å². The van der Waals surface area contributed by atoms with Crippen molar-refractivity contribution in [2.24, 2.45) is 5.10 Å². The number of carbonyl (C=O) groups is 1. The first-order chi connectivity index (χ1) is 15.9. The Morgan fingerprint density at radius 3 is 2.70 bits per heavy atom. The van der Waals surface area contributed by atoms with Gasteiger partial charge in [-0.05, 0) is 67.3 Å². The zero-order valence-electron chi connectivity index (χ0n) is 18.7. The normalized spacial score (nSPS) is 16.8. The molecule has 1 heterocycles. The second-order valence-electron chi connectivity index (χ2n) is 7.57. The third-order valence-corrected chi connectivity index (χ3v) is 7.43.